The van der Waals surface area contributed by atoms with Gasteiger partial charge in [0.15, 0.2) is 23.2 Å². The first-order chi connectivity index (χ1) is 12.7. The number of hydrogen-bond donors (Lipinski definition) is 3. The van der Waals surface area contributed by atoms with Gasteiger partial charge in [-0.05, 0) is 18.4 Å². The van der Waals surface area contributed by atoms with E-state index in [9.17, 15) is 10.2 Å². The van der Waals surface area contributed by atoms with Gasteiger partial charge in [-0.25, -0.2) is 15.0 Å². The molecule has 4 rings (SSSR count). The van der Waals surface area contributed by atoms with E-state index in [1.165, 1.54) is 25.5 Å². The summed E-state index contributed by atoms with van der Waals surface area (Å²) in [4.78, 5) is 15.7. The lowest BCUT2D eigenvalue weighted by atomic mass is 10.1. The fraction of sp³-hybridized carbons (Fsp3) is 0.667. The number of imidazole rings is 1. The molecule has 138 valence electrons. The SMILES string of the molecule is [N-]=[N+]=N[C@@H]1[C@@H](O)[C@H](n2cnc3c(NC4CCCC4)ncnc32)O[C@@H]1CO. The van der Waals surface area contributed by atoms with E-state index in [0.717, 1.165) is 12.8 Å². The first-order valence-corrected chi connectivity index (χ1v) is 8.65. The van der Waals surface area contributed by atoms with Crippen molar-refractivity contribution in [1.29, 1.82) is 0 Å². The zero-order valence-electron chi connectivity index (χ0n) is 14.0. The van der Waals surface area contributed by atoms with Crippen LogP contribution in [0, 0.1) is 0 Å². The number of anilines is 1. The van der Waals surface area contributed by atoms with E-state index in [2.05, 4.69) is 30.3 Å². The number of aliphatic hydroxyl groups is 2. The first-order valence-electron chi connectivity index (χ1n) is 8.65. The van der Waals surface area contributed by atoms with Crippen molar-refractivity contribution in [2.75, 3.05) is 11.9 Å². The van der Waals surface area contributed by atoms with Crippen LogP contribution in [0.25, 0.3) is 21.6 Å². The zero-order chi connectivity index (χ0) is 18.1. The van der Waals surface area contributed by atoms with Crippen molar-refractivity contribution in [2.45, 2.75) is 56.2 Å². The summed E-state index contributed by atoms with van der Waals surface area (Å²) in [6.45, 7) is -0.368. The summed E-state index contributed by atoms with van der Waals surface area (Å²) < 4.78 is 7.27. The van der Waals surface area contributed by atoms with E-state index in [0.29, 0.717) is 23.0 Å². The Hall–Kier alpha value is -2.46. The van der Waals surface area contributed by atoms with Crippen LogP contribution in [0.15, 0.2) is 17.8 Å². The van der Waals surface area contributed by atoms with Crippen LogP contribution in [0.5, 0.6) is 0 Å². The second-order valence-electron chi connectivity index (χ2n) is 6.61. The van der Waals surface area contributed by atoms with Gasteiger partial charge in [-0.1, -0.05) is 18.0 Å². The number of ether oxygens (including phenoxy) is 1. The predicted molar refractivity (Wildman–Crippen MR) is 91.1 cm³/mol. The topological polar surface area (TPSA) is 154 Å². The van der Waals surface area contributed by atoms with Crippen LogP contribution in [-0.2, 0) is 4.74 Å². The lowest BCUT2D eigenvalue weighted by molar-refractivity contribution is -0.0488. The highest BCUT2D eigenvalue weighted by molar-refractivity contribution is 5.82. The summed E-state index contributed by atoms with van der Waals surface area (Å²) in [6, 6.07) is -0.509. The van der Waals surface area contributed by atoms with Gasteiger partial charge in [-0.2, -0.15) is 0 Å². The smallest absolute Gasteiger partial charge is 0.167 e. The van der Waals surface area contributed by atoms with Crippen LogP contribution >= 0.6 is 0 Å². The van der Waals surface area contributed by atoms with Crippen LogP contribution in [0.2, 0.25) is 0 Å². The quantitative estimate of drug-likeness (QED) is 0.410. The average molecular weight is 360 g/mol. The van der Waals surface area contributed by atoms with E-state index in [-0.39, 0.29) is 6.61 Å². The van der Waals surface area contributed by atoms with Gasteiger partial charge in [0.25, 0.3) is 0 Å². The first kappa shape index (κ1) is 17.0. The van der Waals surface area contributed by atoms with Crippen LogP contribution in [0.4, 0.5) is 5.82 Å². The second kappa shape index (κ2) is 7.04. The Bertz CT molecular complexity index is 829. The third-order valence-electron chi connectivity index (χ3n) is 5.03. The zero-order valence-corrected chi connectivity index (χ0v) is 14.0. The predicted octanol–water partition coefficient (Wildman–Crippen LogP) is 1.11. The second-order valence-corrected chi connectivity index (χ2v) is 6.61. The minimum Gasteiger partial charge on any atom is -0.394 e. The molecule has 1 saturated carbocycles. The number of rotatable bonds is 5. The average Bonchev–Trinajstić information content (AvgIpc) is 3.36. The molecule has 0 bridgehead atoms. The Kier molecular flexibility index (Phi) is 4.60. The highest BCUT2D eigenvalue weighted by Gasteiger charge is 2.44. The summed E-state index contributed by atoms with van der Waals surface area (Å²) in [5.41, 5.74) is 9.77. The fourth-order valence-electron chi connectivity index (χ4n) is 3.72. The van der Waals surface area contributed by atoms with E-state index in [1.54, 1.807) is 4.57 Å². The minimum atomic E-state index is -1.12. The molecule has 2 aromatic rings. The van der Waals surface area contributed by atoms with Crippen molar-refractivity contribution in [2.24, 2.45) is 5.11 Å². The third kappa shape index (κ3) is 2.84. The molecule has 11 heteroatoms. The molecule has 0 aromatic carbocycles. The molecule has 1 aliphatic heterocycles. The molecule has 0 unspecified atom stereocenters. The minimum absolute atomic E-state index is 0.368. The molecule has 2 aromatic heterocycles. The summed E-state index contributed by atoms with van der Waals surface area (Å²) >= 11 is 0. The Morgan fingerprint density at radius 2 is 2.15 bits per heavy atom. The van der Waals surface area contributed by atoms with Crippen LogP contribution in [0.1, 0.15) is 31.9 Å². The number of nitrogens with zero attached hydrogens (tertiary/aromatic N) is 7. The number of aliphatic hydroxyl groups excluding tert-OH is 2. The van der Waals surface area contributed by atoms with Crippen LogP contribution in [-0.4, -0.2) is 60.6 Å². The molecule has 3 N–H and O–H groups in total. The molecule has 26 heavy (non-hydrogen) atoms. The molecule has 0 amide bonds. The van der Waals surface area contributed by atoms with Crippen molar-refractivity contribution >= 4 is 17.0 Å². The molecule has 1 saturated heterocycles. The van der Waals surface area contributed by atoms with Gasteiger partial charge in [0.1, 0.15) is 12.4 Å². The Balaban J connectivity index is 1.66. The number of fused-ring (bicyclic) bond motifs is 1. The highest BCUT2D eigenvalue weighted by atomic mass is 16.5. The van der Waals surface area contributed by atoms with Crippen molar-refractivity contribution in [3.05, 3.63) is 23.1 Å². The summed E-state index contributed by atoms with van der Waals surface area (Å²) in [7, 11) is 0. The number of nitrogens with one attached hydrogen (secondary N) is 1. The highest BCUT2D eigenvalue weighted by Crippen LogP contribution is 2.34. The fourth-order valence-corrected chi connectivity index (χ4v) is 3.72. The van der Waals surface area contributed by atoms with E-state index in [1.807, 2.05) is 0 Å². The third-order valence-corrected chi connectivity index (χ3v) is 5.03. The van der Waals surface area contributed by atoms with Crippen molar-refractivity contribution < 1.29 is 14.9 Å². The molecule has 1 aliphatic carbocycles. The van der Waals surface area contributed by atoms with Crippen molar-refractivity contribution in [3.63, 3.8) is 0 Å². The molecule has 3 heterocycles. The molecule has 2 aliphatic rings. The lowest BCUT2D eigenvalue weighted by Crippen LogP contribution is -2.31. The van der Waals surface area contributed by atoms with Crippen molar-refractivity contribution in [1.82, 2.24) is 19.5 Å². The van der Waals surface area contributed by atoms with Crippen LogP contribution in [0.3, 0.4) is 0 Å². The Labute approximate surface area is 148 Å². The van der Waals surface area contributed by atoms with Gasteiger partial charge < -0.3 is 20.3 Å². The summed E-state index contributed by atoms with van der Waals surface area (Å²) in [6.07, 6.45) is 4.78. The maximum atomic E-state index is 10.5. The molecular formula is C15H20N8O3. The Morgan fingerprint density at radius 3 is 2.88 bits per heavy atom. The van der Waals surface area contributed by atoms with Gasteiger partial charge in [0.05, 0.1) is 25.1 Å². The van der Waals surface area contributed by atoms with E-state index < -0.39 is 24.5 Å². The molecule has 0 spiro atoms. The lowest BCUT2D eigenvalue weighted by Gasteiger charge is -2.17. The summed E-state index contributed by atoms with van der Waals surface area (Å²) in [5.74, 6) is 0.651. The van der Waals surface area contributed by atoms with Gasteiger partial charge >= 0.3 is 0 Å². The van der Waals surface area contributed by atoms with Gasteiger partial charge in [0.2, 0.25) is 0 Å². The van der Waals surface area contributed by atoms with Gasteiger partial charge in [-0.15, -0.1) is 0 Å². The van der Waals surface area contributed by atoms with E-state index >= 15 is 0 Å². The number of azide groups is 1. The van der Waals surface area contributed by atoms with Gasteiger partial charge in [0, 0.05) is 11.0 Å². The molecule has 11 nitrogen and oxygen atoms in total. The van der Waals surface area contributed by atoms with Crippen molar-refractivity contribution in [3.8, 4) is 0 Å². The largest absolute Gasteiger partial charge is 0.394 e. The molecule has 4 atom stereocenters. The number of aromatic nitrogens is 4. The van der Waals surface area contributed by atoms with Crippen LogP contribution < -0.4 is 5.32 Å². The monoisotopic (exact) mass is 360 g/mol. The Morgan fingerprint density at radius 1 is 1.35 bits per heavy atom. The molecular weight excluding hydrogens is 340 g/mol. The summed E-state index contributed by atoms with van der Waals surface area (Å²) in [5, 5.41) is 26.9. The number of hydrogen-bond acceptors (Lipinski definition) is 8. The standard InChI is InChI=1S/C15H20N8O3/c16-22-21-10-9(5-24)26-15(12(10)25)23-7-19-11-13(17-6-18-14(11)23)20-8-3-1-2-4-8/h6-10,12,15,24-25H,1-5H2,(H,17,18,20)/t9-,10+,12-,15-/m1/s1. The van der Waals surface area contributed by atoms with E-state index in [4.69, 9.17) is 10.3 Å². The molecule has 2 fully saturated rings. The normalized spacial score (nSPS) is 29.2. The maximum Gasteiger partial charge on any atom is 0.167 e. The van der Waals surface area contributed by atoms with Gasteiger partial charge in [-0.3, -0.25) is 4.57 Å². The molecule has 0 radical (unpaired) electrons. The maximum absolute atomic E-state index is 10.5.